The summed E-state index contributed by atoms with van der Waals surface area (Å²) in [4.78, 5) is 0.377. The molecule has 0 aliphatic carbocycles. The Morgan fingerprint density at radius 3 is 2.29 bits per heavy atom. The molecule has 0 spiro atoms. The highest BCUT2D eigenvalue weighted by molar-refractivity contribution is 7.89. The van der Waals surface area contributed by atoms with Gasteiger partial charge in [0.25, 0.3) is 0 Å². The Balaban J connectivity index is 3.02. The summed E-state index contributed by atoms with van der Waals surface area (Å²) < 4.78 is 26.9. The quantitative estimate of drug-likeness (QED) is 0.902. The third kappa shape index (κ3) is 4.13. The molecule has 0 aromatic heterocycles. The standard InChI is InChI=1S/C13H21NO2S/c1-10-6-7-11(2)12(8-10)17(15,16)14-9-13(3,4)5/h6-8,14H,9H2,1-5H3. The first-order chi connectivity index (χ1) is 7.62. The predicted molar refractivity (Wildman–Crippen MR) is 70.6 cm³/mol. The normalized spacial score (nSPS) is 12.8. The summed E-state index contributed by atoms with van der Waals surface area (Å²) >= 11 is 0. The van der Waals surface area contributed by atoms with Crippen LogP contribution < -0.4 is 4.72 Å². The van der Waals surface area contributed by atoms with Crippen LogP contribution in [0.3, 0.4) is 0 Å². The minimum atomic E-state index is -3.40. The van der Waals surface area contributed by atoms with Crippen molar-refractivity contribution in [2.24, 2.45) is 5.41 Å². The van der Waals surface area contributed by atoms with Crippen molar-refractivity contribution < 1.29 is 8.42 Å². The lowest BCUT2D eigenvalue weighted by Crippen LogP contribution is -2.32. The van der Waals surface area contributed by atoms with Gasteiger partial charge >= 0.3 is 0 Å². The molecule has 1 aromatic carbocycles. The van der Waals surface area contributed by atoms with Crippen LogP contribution in [-0.2, 0) is 10.0 Å². The highest BCUT2D eigenvalue weighted by atomic mass is 32.2. The first kappa shape index (κ1) is 14.2. The molecule has 4 heteroatoms. The average molecular weight is 255 g/mol. The fraction of sp³-hybridized carbons (Fsp3) is 0.538. The van der Waals surface area contributed by atoms with Crippen LogP contribution in [-0.4, -0.2) is 15.0 Å². The van der Waals surface area contributed by atoms with E-state index >= 15 is 0 Å². The second kappa shape index (κ2) is 4.78. The van der Waals surface area contributed by atoms with Gasteiger partial charge in [-0.05, 0) is 36.5 Å². The zero-order chi connectivity index (χ0) is 13.3. The second-order valence-electron chi connectivity index (χ2n) is 5.65. The molecular formula is C13H21NO2S. The summed E-state index contributed by atoms with van der Waals surface area (Å²) in [6, 6.07) is 5.46. The minimum Gasteiger partial charge on any atom is -0.211 e. The van der Waals surface area contributed by atoms with Crippen molar-refractivity contribution in [1.29, 1.82) is 0 Å². The lowest BCUT2D eigenvalue weighted by Gasteiger charge is -2.19. The van der Waals surface area contributed by atoms with Crippen LogP contribution in [0.25, 0.3) is 0 Å². The largest absolute Gasteiger partial charge is 0.240 e. The monoisotopic (exact) mass is 255 g/mol. The van der Waals surface area contributed by atoms with Crippen molar-refractivity contribution in [1.82, 2.24) is 4.72 Å². The molecule has 0 saturated heterocycles. The molecule has 0 fully saturated rings. The lowest BCUT2D eigenvalue weighted by molar-refractivity contribution is 0.407. The summed E-state index contributed by atoms with van der Waals surface area (Å²) in [6.07, 6.45) is 0. The van der Waals surface area contributed by atoms with Crippen LogP contribution in [0.4, 0.5) is 0 Å². The zero-order valence-electron chi connectivity index (χ0n) is 11.2. The highest BCUT2D eigenvalue weighted by Gasteiger charge is 2.20. The van der Waals surface area contributed by atoms with Gasteiger partial charge in [-0.25, -0.2) is 13.1 Å². The Kier molecular flexibility index (Phi) is 3.99. The Morgan fingerprint density at radius 1 is 1.18 bits per heavy atom. The molecule has 17 heavy (non-hydrogen) atoms. The van der Waals surface area contributed by atoms with Gasteiger partial charge in [0.05, 0.1) is 4.90 Å². The Labute approximate surface area is 104 Å². The van der Waals surface area contributed by atoms with Crippen LogP contribution in [0.1, 0.15) is 31.9 Å². The topological polar surface area (TPSA) is 46.2 Å². The number of hydrogen-bond acceptors (Lipinski definition) is 2. The van der Waals surface area contributed by atoms with Crippen molar-refractivity contribution >= 4 is 10.0 Å². The molecule has 1 rings (SSSR count). The van der Waals surface area contributed by atoms with Gasteiger partial charge in [0.1, 0.15) is 0 Å². The highest BCUT2D eigenvalue weighted by Crippen LogP contribution is 2.18. The van der Waals surface area contributed by atoms with Gasteiger partial charge in [-0.1, -0.05) is 32.9 Å². The van der Waals surface area contributed by atoms with E-state index in [1.54, 1.807) is 6.07 Å². The molecule has 0 aliphatic heterocycles. The number of rotatable bonds is 3. The number of hydrogen-bond donors (Lipinski definition) is 1. The number of aryl methyl sites for hydroxylation is 2. The van der Waals surface area contributed by atoms with Crippen LogP contribution in [0.5, 0.6) is 0 Å². The van der Waals surface area contributed by atoms with Gasteiger partial charge in [-0.3, -0.25) is 0 Å². The van der Waals surface area contributed by atoms with Crippen LogP contribution in [0.15, 0.2) is 23.1 Å². The molecule has 0 unspecified atom stereocenters. The van der Waals surface area contributed by atoms with E-state index in [-0.39, 0.29) is 5.41 Å². The number of sulfonamides is 1. The van der Waals surface area contributed by atoms with Gasteiger partial charge in [-0.2, -0.15) is 0 Å². The molecule has 1 aromatic rings. The molecule has 0 bridgehead atoms. The first-order valence-corrected chi connectivity index (χ1v) is 7.17. The third-order valence-electron chi connectivity index (χ3n) is 2.43. The molecule has 1 N–H and O–H groups in total. The molecule has 0 aliphatic rings. The van der Waals surface area contributed by atoms with Crippen molar-refractivity contribution in [3.8, 4) is 0 Å². The molecule has 0 saturated carbocycles. The lowest BCUT2D eigenvalue weighted by atomic mass is 9.98. The van der Waals surface area contributed by atoms with Gasteiger partial charge in [0, 0.05) is 6.54 Å². The van der Waals surface area contributed by atoms with Crippen molar-refractivity contribution in [3.05, 3.63) is 29.3 Å². The SMILES string of the molecule is Cc1ccc(C)c(S(=O)(=O)NCC(C)(C)C)c1. The minimum absolute atomic E-state index is 0.0647. The van der Waals surface area contributed by atoms with E-state index in [1.165, 1.54) is 0 Å². The van der Waals surface area contributed by atoms with E-state index in [4.69, 9.17) is 0 Å². The van der Waals surface area contributed by atoms with Crippen molar-refractivity contribution in [2.45, 2.75) is 39.5 Å². The Bertz CT molecular complexity index is 499. The van der Waals surface area contributed by atoms with E-state index < -0.39 is 10.0 Å². The molecule has 3 nitrogen and oxygen atoms in total. The van der Waals surface area contributed by atoms with Crippen LogP contribution in [0.2, 0.25) is 0 Å². The van der Waals surface area contributed by atoms with E-state index in [0.717, 1.165) is 11.1 Å². The van der Waals surface area contributed by atoms with Crippen molar-refractivity contribution in [3.63, 3.8) is 0 Å². The molecule has 0 heterocycles. The zero-order valence-corrected chi connectivity index (χ0v) is 12.0. The maximum absolute atomic E-state index is 12.1. The van der Waals surface area contributed by atoms with Gasteiger partial charge in [-0.15, -0.1) is 0 Å². The van der Waals surface area contributed by atoms with E-state index in [1.807, 2.05) is 46.8 Å². The van der Waals surface area contributed by atoms with Gasteiger partial charge in [0.2, 0.25) is 10.0 Å². The molecule has 0 radical (unpaired) electrons. The van der Waals surface area contributed by atoms with Gasteiger partial charge < -0.3 is 0 Å². The summed E-state index contributed by atoms with van der Waals surface area (Å²) in [6.45, 7) is 10.1. The predicted octanol–water partition coefficient (Wildman–Crippen LogP) is 2.63. The molecular weight excluding hydrogens is 234 g/mol. The number of nitrogens with one attached hydrogen (secondary N) is 1. The smallest absolute Gasteiger partial charge is 0.211 e. The first-order valence-electron chi connectivity index (χ1n) is 5.69. The van der Waals surface area contributed by atoms with Crippen LogP contribution >= 0.6 is 0 Å². The summed E-state index contributed by atoms with van der Waals surface area (Å²) in [5.41, 5.74) is 1.66. The van der Waals surface area contributed by atoms with E-state index in [0.29, 0.717) is 11.4 Å². The molecule has 0 atom stereocenters. The number of benzene rings is 1. The second-order valence-corrected chi connectivity index (χ2v) is 7.39. The maximum atomic E-state index is 12.1. The molecule has 0 amide bonds. The summed E-state index contributed by atoms with van der Waals surface area (Å²) in [5, 5.41) is 0. The fourth-order valence-electron chi connectivity index (χ4n) is 1.39. The van der Waals surface area contributed by atoms with E-state index in [2.05, 4.69) is 4.72 Å². The summed E-state index contributed by atoms with van der Waals surface area (Å²) in [5.74, 6) is 0. The maximum Gasteiger partial charge on any atom is 0.240 e. The Hall–Kier alpha value is -0.870. The Morgan fingerprint density at radius 2 is 1.76 bits per heavy atom. The third-order valence-corrected chi connectivity index (χ3v) is 3.97. The van der Waals surface area contributed by atoms with Crippen molar-refractivity contribution in [2.75, 3.05) is 6.54 Å². The fourth-order valence-corrected chi connectivity index (χ4v) is 3.00. The summed E-state index contributed by atoms with van der Waals surface area (Å²) in [7, 11) is -3.40. The molecule has 96 valence electrons. The van der Waals surface area contributed by atoms with Gasteiger partial charge in [0.15, 0.2) is 0 Å². The van der Waals surface area contributed by atoms with E-state index in [9.17, 15) is 8.42 Å². The average Bonchev–Trinajstić information content (AvgIpc) is 2.18. The van der Waals surface area contributed by atoms with Crippen LogP contribution in [0, 0.1) is 19.3 Å².